The van der Waals surface area contributed by atoms with Crippen molar-refractivity contribution < 1.29 is 14.3 Å². The second-order valence-electron chi connectivity index (χ2n) is 5.15. The summed E-state index contributed by atoms with van der Waals surface area (Å²) in [6.45, 7) is 6.56. The van der Waals surface area contributed by atoms with Gasteiger partial charge in [-0.05, 0) is 32.9 Å². The molecule has 0 aliphatic carbocycles. The average molecular weight is 293 g/mol. The van der Waals surface area contributed by atoms with Crippen LogP contribution >= 0.6 is 0 Å². The van der Waals surface area contributed by atoms with Crippen LogP contribution in [-0.2, 0) is 19.8 Å². The first kappa shape index (κ1) is 17.7. The first-order valence-electron chi connectivity index (χ1n) is 7.64. The van der Waals surface area contributed by atoms with Gasteiger partial charge < -0.3 is 9.47 Å². The topological polar surface area (TPSA) is 47.6 Å². The molecule has 0 aliphatic heterocycles. The molecule has 1 rings (SSSR count). The minimum Gasteiger partial charge on any atom is -0.464 e. The van der Waals surface area contributed by atoms with Crippen molar-refractivity contribution >= 4 is 5.97 Å². The van der Waals surface area contributed by atoms with Gasteiger partial charge in [0.05, 0.1) is 19.3 Å². The van der Waals surface area contributed by atoms with Crippen molar-refractivity contribution in [2.24, 2.45) is 0 Å². The van der Waals surface area contributed by atoms with Gasteiger partial charge in [-0.25, -0.2) is 4.79 Å². The molecule has 1 aromatic carbocycles. The smallest absolute Gasteiger partial charge is 0.333 e. The van der Waals surface area contributed by atoms with Crippen molar-refractivity contribution in [2.75, 3.05) is 20.3 Å². The Hall–Kier alpha value is -1.39. The van der Waals surface area contributed by atoms with E-state index in [1.165, 1.54) is 0 Å². The Morgan fingerprint density at radius 3 is 2.48 bits per heavy atom. The van der Waals surface area contributed by atoms with Crippen molar-refractivity contribution in [1.82, 2.24) is 5.32 Å². The molecule has 0 aromatic heterocycles. The molecule has 2 atom stereocenters. The van der Waals surface area contributed by atoms with E-state index in [0.717, 1.165) is 18.4 Å². The Labute approximate surface area is 127 Å². The highest BCUT2D eigenvalue weighted by Crippen LogP contribution is 2.24. The molecule has 0 saturated heterocycles. The molecule has 0 fully saturated rings. The highest BCUT2D eigenvalue weighted by atomic mass is 16.5. The zero-order chi connectivity index (χ0) is 15.7. The Kier molecular flexibility index (Phi) is 7.40. The van der Waals surface area contributed by atoms with Gasteiger partial charge in [0.25, 0.3) is 0 Å². The van der Waals surface area contributed by atoms with Gasteiger partial charge in [0.2, 0.25) is 0 Å². The molecule has 2 unspecified atom stereocenters. The van der Waals surface area contributed by atoms with Gasteiger partial charge in [-0.3, -0.25) is 5.32 Å². The Morgan fingerprint density at radius 1 is 1.29 bits per heavy atom. The number of carbonyl (C=O) groups excluding carboxylic acids is 1. The third-order valence-electron chi connectivity index (χ3n) is 3.60. The summed E-state index contributed by atoms with van der Waals surface area (Å²) in [7, 11) is 1.76. The van der Waals surface area contributed by atoms with E-state index in [-0.39, 0.29) is 18.7 Å². The second kappa shape index (κ2) is 8.80. The standard InChI is InChI=1S/C17H27NO3/c1-5-10-14(3)21-13-17(18-4,16(19)20-6-2)15-11-8-7-9-12-15/h7-9,11-12,14,18H,5-6,10,13H2,1-4H3. The lowest BCUT2D eigenvalue weighted by molar-refractivity contribution is -0.155. The molecule has 0 radical (unpaired) electrons. The lowest BCUT2D eigenvalue weighted by Crippen LogP contribution is -2.52. The zero-order valence-corrected chi connectivity index (χ0v) is 13.5. The summed E-state index contributed by atoms with van der Waals surface area (Å²) in [6.07, 6.45) is 2.14. The second-order valence-corrected chi connectivity index (χ2v) is 5.15. The predicted molar refractivity (Wildman–Crippen MR) is 84.1 cm³/mol. The summed E-state index contributed by atoms with van der Waals surface area (Å²) < 4.78 is 11.2. The Bertz CT molecular complexity index is 421. The summed E-state index contributed by atoms with van der Waals surface area (Å²) in [5.41, 5.74) is -0.103. The van der Waals surface area contributed by atoms with E-state index in [1.54, 1.807) is 7.05 Å². The SMILES string of the molecule is CCCC(C)OCC(NC)(C(=O)OCC)c1ccccc1. The highest BCUT2D eigenvalue weighted by Gasteiger charge is 2.41. The van der Waals surface area contributed by atoms with Crippen LogP contribution in [0.1, 0.15) is 39.2 Å². The summed E-state index contributed by atoms with van der Waals surface area (Å²) in [6, 6.07) is 9.59. The molecule has 1 aromatic rings. The van der Waals surface area contributed by atoms with Gasteiger partial charge in [-0.15, -0.1) is 0 Å². The van der Waals surface area contributed by atoms with Crippen molar-refractivity contribution in [3.05, 3.63) is 35.9 Å². The van der Waals surface area contributed by atoms with E-state index < -0.39 is 5.54 Å². The predicted octanol–water partition coefficient (Wildman–Crippen LogP) is 2.87. The highest BCUT2D eigenvalue weighted by molar-refractivity contribution is 5.83. The first-order chi connectivity index (χ1) is 10.1. The number of rotatable bonds is 9. The first-order valence-corrected chi connectivity index (χ1v) is 7.64. The number of likely N-dealkylation sites (N-methyl/N-ethyl adjacent to an activating group) is 1. The van der Waals surface area contributed by atoms with Crippen LogP contribution in [-0.4, -0.2) is 32.3 Å². The molecule has 0 spiro atoms. The number of nitrogens with one attached hydrogen (secondary N) is 1. The van der Waals surface area contributed by atoms with E-state index >= 15 is 0 Å². The number of benzene rings is 1. The molecule has 1 N–H and O–H groups in total. The van der Waals surface area contributed by atoms with Crippen molar-refractivity contribution in [1.29, 1.82) is 0 Å². The van der Waals surface area contributed by atoms with Crippen LogP contribution in [0.4, 0.5) is 0 Å². The number of ether oxygens (including phenoxy) is 2. The van der Waals surface area contributed by atoms with Gasteiger partial charge >= 0.3 is 5.97 Å². The molecule has 0 bridgehead atoms. The van der Waals surface area contributed by atoms with E-state index in [4.69, 9.17) is 9.47 Å². The maximum atomic E-state index is 12.5. The fourth-order valence-corrected chi connectivity index (χ4v) is 2.31. The fraction of sp³-hybridized carbons (Fsp3) is 0.588. The number of hydrogen-bond donors (Lipinski definition) is 1. The van der Waals surface area contributed by atoms with Crippen LogP contribution in [0.5, 0.6) is 0 Å². The molecule has 4 heteroatoms. The fourth-order valence-electron chi connectivity index (χ4n) is 2.31. The Morgan fingerprint density at radius 2 is 1.95 bits per heavy atom. The summed E-state index contributed by atoms with van der Waals surface area (Å²) in [5, 5.41) is 3.11. The van der Waals surface area contributed by atoms with Crippen molar-refractivity contribution in [3.8, 4) is 0 Å². The van der Waals surface area contributed by atoms with Gasteiger partial charge in [0, 0.05) is 0 Å². The molecule has 0 saturated carbocycles. The maximum Gasteiger partial charge on any atom is 0.333 e. The Balaban J connectivity index is 3.00. The van der Waals surface area contributed by atoms with Gasteiger partial charge in [0.15, 0.2) is 5.54 Å². The molecular weight excluding hydrogens is 266 g/mol. The van der Waals surface area contributed by atoms with Crippen molar-refractivity contribution in [2.45, 2.75) is 45.3 Å². The molecule has 118 valence electrons. The molecule has 0 heterocycles. The van der Waals surface area contributed by atoms with Crippen LogP contribution in [0.3, 0.4) is 0 Å². The molecule has 21 heavy (non-hydrogen) atoms. The number of carbonyl (C=O) groups is 1. The molecular formula is C17H27NO3. The van der Waals surface area contributed by atoms with Crippen molar-refractivity contribution in [3.63, 3.8) is 0 Å². The summed E-state index contributed by atoms with van der Waals surface area (Å²) in [5.74, 6) is -0.303. The van der Waals surface area contributed by atoms with Crippen LogP contribution in [0.15, 0.2) is 30.3 Å². The number of hydrogen-bond acceptors (Lipinski definition) is 4. The summed E-state index contributed by atoms with van der Waals surface area (Å²) >= 11 is 0. The monoisotopic (exact) mass is 293 g/mol. The molecule has 4 nitrogen and oxygen atoms in total. The molecule has 0 aliphatic rings. The van der Waals surface area contributed by atoms with E-state index in [9.17, 15) is 4.79 Å². The normalized spacial score (nSPS) is 15.2. The lowest BCUT2D eigenvalue weighted by Gasteiger charge is -2.32. The van der Waals surface area contributed by atoms with E-state index in [0.29, 0.717) is 6.61 Å². The third-order valence-corrected chi connectivity index (χ3v) is 3.60. The van der Waals surface area contributed by atoms with E-state index in [2.05, 4.69) is 12.2 Å². The largest absolute Gasteiger partial charge is 0.464 e. The summed E-state index contributed by atoms with van der Waals surface area (Å²) in [4.78, 5) is 12.5. The third kappa shape index (κ3) is 4.55. The van der Waals surface area contributed by atoms with Crippen LogP contribution < -0.4 is 5.32 Å². The molecule has 0 amide bonds. The van der Waals surface area contributed by atoms with E-state index in [1.807, 2.05) is 44.2 Å². The number of esters is 1. The van der Waals surface area contributed by atoms with Crippen LogP contribution in [0.2, 0.25) is 0 Å². The van der Waals surface area contributed by atoms with Gasteiger partial charge in [-0.2, -0.15) is 0 Å². The quantitative estimate of drug-likeness (QED) is 0.711. The minimum absolute atomic E-state index is 0.112. The lowest BCUT2D eigenvalue weighted by atomic mass is 9.90. The van der Waals surface area contributed by atoms with Crippen LogP contribution in [0.25, 0.3) is 0 Å². The van der Waals surface area contributed by atoms with Crippen LogP contribution in [0, 0.1) is 0 Å². The maximum absolute atomic E-state index is 12.5. The zero-order valence-electron chi connectivity index (χ0n) is 13.5. The minimum atomic E-state index is -0.959. The van der Waals surface area contributed by atoms with Gasteiger partial charge in [0.1, 0.15) is 0 Å². The average Bonchev–Trinajstić information content (AvgIpc) is 2.50. The van der Waals surface area contributed by atoms with Gasteiger partial charge in [-0.1, -0.05) is 43.7 Å².